The van der Waals surface area contributed by atoms with Gasteiger partial charge in [0.05, 0.1) is 7.11 Å². The minimum Gasteiger partial charge on any atom is -0.497 e. The maximum Gasteiger partial charge on any atom is 0.226 e. The van der Waals surface area contributed by atoms with E-state index in [0.717, 1.165) is 0 Å². The maximum atomic E-state index is 12.3. The quantitative estimate of drug-likeness (QED) is 0.846. The van der Waals surface area contributed by atoms with Crippen molar-refractivity contribution in [3.05, 3.63) is 42.5 Å². The van der Waals surface area contributed by atoms with Gasteiger partial charge in [-0.3, -0.25) is 9.59 Å². The van der Waals surface area contributed by atoms with E-state index in [1.807, 2.05) is 6.07 Å². The molecule has 0 unspecified atom stereocenters. The Morgan fingerprint density at radius 1 is 1.11 bits per heavy atom. The van der Waals surface area contributed by atoms with Crippen LogP contribution in [0.5, 0.6) is 17.2 Å². The summed E-state index contributed by atoms with van der Waals surface area (Å²) in [6, 6.07) is 12.4. The van der Waals surface area contributed by atoms with Gasteiger partial charge in [-0.1, -0.05) is 6.07 Å². The van der Waals surface area contributed by atoms with Gasteiger partial charge in [0.1, 0.15) is 19.0 Å². The standard InChI is InChI=1S/C20H22N2O5/c1-14(23)22(16-4-3-5-17(13-16)25-2)9-8-20(24)21-15-6-7-18-19(12-15)27-11-10-26-18/h3-7,12-13H,8-11H2,1-2H3,(H,21,24). The molecule has 0 spiro atoms. The lowest BCUT2D eigenvalue weighted by Crippen LogP contribution is -2.32. The Morgan fingerprint density at radius 2 is 1.89 bits per heavy atom. The van der Waals surface area contributed by atoms with Gasteiger partial charge in [-0.15, -0.1) is 0 Å². The molecule has 142 valence electrons. The Labute approximate surface area is 157 Å². The van der Waals surface area contributed by atoms with Crippen molar-refractivity contribution in [3.8, 4) is 17.2 Å². The van der Waals surface area contributed by atoms with Gasteiger partial charge in [-0.2, -0.15) is 0 Å². The maximum absolute atomic E-state index is 12.3. The number of benzene rings is 2. The molecule has 0 aliphatic carbocycles. The van der Waals surface area contributed by atoms with Crippen molar-refractivity contribution in [3.63, 3.8) is 0 Å². The number of fused-ring (bicyclic) bond motifs is 1. The van der Waals surface area contributed by atoms with Crippen LogP contribution in [0.25, 0.3) is 0 Å². The highest BCUT2D eigenvalue weighted by atomic mass is 16.6. The number of nitrogens with zero attached hydrogens (tertiary/aromatic N) is 1. The van der Waals surface area contributed by atoms with Gasteiger partial charge in [-0.25, -0.2) is 0 Å². The van der Waals surface area contributed by atoms with Crippen molar-refractivity contribution in [2.24, 2.45) is 0 Å². The zero-order chi connectivity index (χ0) is 19.2. The number of nitrogens with one attached hydrogen (secondary N) is 1. The number of anilines is 2. The fraction of sp³-hybridized carbons (Fsp3) is 0.300. The van der Waals surface area contributed by atoms with Gasteiger partial charge in [0.2, 0.25) is 11.8 Å². The molecule has 0 saturated heterocycles. The fourth-order valence-electron chi connectivity index (χ4n) is 2.80. The van der Waals surface area contributed by atoms with Gasteiger partial charge in [0.25, 0.3) is 0 Å². The summed E-state index contributed by atoms with van der Waals surface area (Å²) >= 11 is 0. The van der Waals surface area contributed by atoms with Crippen LogP contribution in [0.2, 0.25) is 0 Å². The zero-order valence-electron chi connectivity index (χ0n) is 15.4. The number of hydrogen-bond acceptors (Lipinski definition) is 5. The molecule has 1 heterocycles. The summed E-state index contributed by atoms with van der Waals surface area (Å²) in [6.45, 7) is 2.74. The molecule has 0 atom stereocenters. The van der Waals surface area contributed by atoms with Crippen LogP contribution in [0.4, 0.5) is 11.4 Å². The number of hydrogen-bond donors (Lipinski definition) is 1. The molecule has 7 nitrogen and oxygen atoms in total. The van der Waals surface area contributed by atoms with Gasteiger partial charge in [-0.05, 0) is 24.3 Å². The second-order valence-corrected chi connectivity index (χ2v) is 6.03. The van der Waals surface area contributed by atoms with E-state index >= 15 is 0 Å². The topological polar surface area (TPSA) is 77.1 Å². The first-order valence-electron chi connectivity index (χ1n) is 8.68. The van der Waals surface area contributed by atoms with E-state index in [2.05, 4.69) is 5.32 Å². The van der Waals surface area contributed by atoms with Gasteiger partial charge in [0, 0.05) is 43.4 Å². The van der Waals surface area contributed by atoms with Crippen molar-refractivity contribution in [2.75, 3.05) is 37.1 Å². The van der Waals surface area contributed by atoms with E-state index in [1.165, 1.54) is 6.92 Å². The average Bonchev–Trinajstić information content (AvgIpc) is 2.68. The average molecular weight is 370 g/mol. The summed E-state index contributed by atoms with van der Waals surface area (Å²) in [5.74, 6) is 1.59. The Morgan fingerprint density at radius 3 is 2.63 bits per heavy atom. The summed E-state index contributed by atoms with van der Waals surface area (Å²) < 4.78 is 16.2. The molecule has 1 N–H and O–H groups in total. The third kappa shape index (κ3) is 4.69. The van der Waals surface area contributed by atoms with Gasteiger partial charge >= 0.3 is 0 Å². The molecule has 2 amide bonds. The molecule has 1 aliphatic heterocycles. The predicted octanol–water partition coefficient (Wildman–Crippen LogP) is 2.85. The second kappa shape index (κ2) is 8.44. The van der Waals surface area contributed by atoms with E-state index < -0.39 is 0 Å². The van der Waals surface area contributed by atoms with E-state index in [-0.39, 0.29) is 24.8 Å². The Bertz CT molecular complexity index is 837. The molecule has 0 saturated carbocycles. The van der Waals surface area contributed by atoms with Gasteiger partial charge in [0.15, 0.2) is 11.5 Å². The molecule has 7 heteroatoms. The number of carbonyl (C=O) groups is 2. The lowest BCUT2D eigenvalue weighted by Gasteiger charge is -2.22. The minimum atomic E-state index is -0.194. The van der Waals surface area contributed by atoms with Crippen LogP contribution in [-0.4, -0.2) is 38.7 Å². The van der Waals surface area contributed by atoms with Crippen molar-refractivity contribution >= 4 is 23.2 Å². The first-order valence-corrected chi connectivity index (χ1v) is 8.68. The summed E-state index contributed by atoms with van der Waals surface area (Å²) in [6.07, 6.45) is 0.158. The van der Waals surface area contributed by atoms with Crippen LogP contribution in [0.1, 0.15) is 13.3 Å². The Kier molecular flexibility index (Phi) is 5.80. The minimum absolute atomic E-state index is 0.143. The second-order valence-electron chi connectivity index (χ2n) is 6.03. The van der Waals surface area contributed by atoms with Crippen LogP contribution in [0.3, 0.4) is 0 Å². The smallest absolute Gasteiger partial charge is 0.226 e. The first-order chi connectivity index (χ1) is 13.1. The highest BCUT2D eigenvalue weighted by Crippen LogP contribution is 2.32. The van der Waals surface area contributed by atoms with Crippen LogP contribution >= 0.6 is 0 Å². The number of amides is 2. The third-order valence-corrected chi connectivity index (χ3v) is 4.13. The molecule has 2 aromatic rings. The van der Waals surface area contributed by atoms with E-state index in [0.29, 0.717) is 41.8 Å². The lowest BCUT2D eigenvalue weighted by molar-refractivity contribution is -0.117. The van der Waals surface area contributed by atoms with E-state index in [9.17, 15) is 9.59 Å². The SMILES string of the molecule is COc1cccc(N(CCC(=O)Nc2ccc3c(c2)OCCO3)C(C)=O)c1. The summed E-state index contributed by atoms with van der Waals surface area (Å²) in [5.41, 5.74) is 1.31. The Hall–Kier alpha value is -3.22. The van der Waals surface area contributed by atoms with Crippen molar-refractivity contribution in [1.82, 2.24) is 0 Å². The number of methoxy groups -OCH3 is 1. The van der Waals surface area contributed by atoms with Crippen LogP contribution in [-0.2, 0) is 9.59 Å². The summed E-state index contributed by atoms with van der Waals surface area (Å²) in [7, 11) is 1.57. The van der Waals surface area contributed by atoms with E-state index in [4.69, 9.17) is 14.2 Å². The highest BCUT2D eigenvalue weighted by Gasteiger charge is 2.16. The van der Waals surface area contributed by atoms with Crippen molar-refractivity contribution in [2.45, 2.75) is 13.3 Å². The molecule has 3 rings (SSSR count). The number of ether oxygens (including phenoxy) is 3. The molecule has 0 bridgehead atoms. The van der Waals surface area contributed by atoms with Crippen LogP contribution < -0.4 is 24.4 Å². The molecule has 0 fully saturated rings. The first kappa shape index (κ1) is 18.6. The molecular formula is C20H22N2O5. The fourth-order valence-corrected chi connectivity index (χ4v) is 2.80. The monoisotopic (exact) mass is 370 g/mol. The van der Waals surface area contributed by atoms with Crippen LogP contribution in [0.15, 0.2) is 42.5 Å². The highest BCUT2D eigenvalue weighted by molar-refractivity contribution is 5.95. The Balaban J connectivity index is 1.62. The number of rotatable bonds is 6. The predicted molar refractivity (Wildman–Crippen MR) is 102 cm³/mol. The molecule has 0 aromatic heterocycles. The molecule has 2 aromatic carbocycles. The molecule has 27 heavy (non-hydrogen) atoms. The lowest BCUT2D eigenvalue weighted by atomic mass is 10.2. The number of carbonyl (C=O) groups excluding carboxylic acids is 2. The van der Waals surface area contributed by atoms with Crippen molar-refractivity contribution < 1.29 is 23.8 Å². The third-order valence-electron chi connectivity index (χ3n) is 4.13. The normalized spacial score (nSPS) is 12.2. The van der Waals surface area contributed by atoms with Crippen molar-refractivity contribution in [1.29, 1.82) is 0 Å². The zero-order valence-corrected chi connectivity index (χ0v) is 15.4. The molecular weight excluding hydrogens is 348 g/mol. The summed E-state index contributed by atoms with van der Waals surface area (Å²) in [5, 5.41) is 2.82. The summed E-state index contributed by atoms with van der Waals surface area (Å²) in [4.78, 5) is 25.9. The van der Waals surface area contributed by atoms with Gasteiger partial charge < -0.3 is 24.4 Å². The largest absolute Gasteiger partial charge is 0.497 e. The molecule has 0 radical (unpaired) electrons. The van der Waals surface area contributed by atoms with Crippen LogP contribution in [0, 0.1) is 0 Å². The molecule has 1 aliphatic rings. The van der Waals surface area contributed by atoms with E-state index in [1.54, 1.807) is 48.4 Å².